The molecule has 2 N–H and O–H groups in total. The molecule has 2 aliphatic heterocycles. The molecule has 0 bridgehead atoms. The topological polar surface area (TPSA) is 114 Å². The van der Waals surface area contributed by atoms with Gasteiger partial charge < -0.3 is 15.4 Å². The lowest BCUT2D eigenvalue weighted by Crippen LogP contribution is -2.42. The molecule has 5 rings (SSSR count). The highest BCUT2D eigenvalue weighted by atomic mass is 19.1. The first kappa shape index (κ1) is 25.0. The van der Waals surface area contributed by atoms with E-state index in [4.69, 9.17) is 4.74 Å². The van der Waals surface area contributed by atoms with Gasteiger partial charge in [0.25, 0.3) is 0 Å². The lowest BCUT2D eigenvalue weighted by atomic mass is 10.0. The molecule has 1 atom stereocenters. The SMILES string of the molecule is CCc1cc2c(cc1Nc1nc(=O)n(C3=CNCC(C)=C3)c(=O)n1Cc1ccc(F)c(C#N)c1)CC(C)O2. The second-order valence-corrected chi connectivity index (χ2v) is 9.52. The van der Waals surface area contributed by atoms with Crippen molar-refractivity contribution >= 4 is 17.3 Å². The van der Waals surface area contributed by atoms with Crippen LogP contribution in [0.3, 0.4) is 0 Å². The highest BCUT2D eigenvalue weighted by Crippen LogP contribution is 2.35. The molecule has 0 radical (unpaired) electrons. The molecule has 0 spiro atoms. The molecule has 0 saturated heterocycles. The molecule has 9 nitrogen and oxygen atoms in total. The number of halogens is 1. The Morgan fingerprint density at radius 1 is 1.29 bits per heavy atom. The van der Waals surface area contributed by atoms with Crippen molar-refractivity contribution in [3.63, 3.8) is 0 Å². The Labute approximate surface area is 218 Å². The first-order valence-corrected chi connectivity index (χ1v) is 12.4. The van der Waals surface area contributed by atoms with Crippen molar-refractivity contribution in [2.45, 2.75) is 46.3 Å². The Hall–Kier alpha value is -4.65. The number of fused-ring (bicyclic) bond motifs is 1. The van der Waals surface area contributed by atoms with Gasteiger partial charge in [-0.2, -0.15) is 10.2 Å². The van der Waals surface area contributed by atoms with E-state index in [1.54, 1.807) is 12.3 Å². The van der Waals surface area contributed by atoms with Gasteiger partial charge in [-0.05, 0) is 67.3 Å². The summed E-state index contributed by atoms with van der Waals surface area (Å²) in [5.74, 6) is 0.229. The second kappa shape index (κ2) is 10.0. The van der Waals surface area contributed by atoms with E-state index < -0.39 is 17.2 Å². The molecule has 3 aromatic rings. The average Bonchev–Trinajstić information content (AvgIpc) is 3.25. The van der Waals surface area contributed by atoms with Gasteiger partial charge in [-0.25, -0.2) is 18.5 Å². The number of benzene rings is 2. The highest BCUT2D eigenvalue weighted by Gasteiger charge is 2.23. The van der Waals surface area contributed by atoms with Crippen LogP contribution in [0, 0.1) is 17.1 Å². The van der Waals surface area contributed by atoms with E-state index in [1.165, 1.54) is 22.8 Å². The monoisotopic (exact) mass is 514 g/mol. The van der Waals surface area contributed by atoms with Crippen LogP contribution in [0.4, 0.5) is 16.0 Å². The molecule has 2 aliphatic rings. The van der Waals surface area contributed by atoms with Crippen LogP contribution in [0.25, 0.3) is 5.70 Å². The van der Waals surface area contributed by atoms with Crippen molar-refractivity contribution in [2.75, 3.05) is 11.9 Å². The van der Waals surface area contributed by atoms with Gasteiger partial charge in [-0.1, -0.05) is 18.6 Å². The van der Waals surface area contributed by atoms with Crippen LogP contribution in [0.15, 0.2) is 57.8 Å². The predicted molar refractivity (Wildman–Crippen MR) is 142 cm³/mol. The Morgan fingerprint density at radius 2 is 2.11 bits per heavy atom. The van der Waals surface area contributed by atoms with E-state index in [0.717, 1.165) is 33.4 Å². The van der Waals surface area contributed by atoms with E-state index in [9.17, 15) is 19.2 Å². The predicted octanol–water partition coefficient (Wildman–Crippen LogP) is 3.44. The number of nitrogens with zero attached hydrogens (tertiary/aromatic N) is 4. The van der Waals surface area contributed by atoms with Crippen LogP contribution in [-0.2, 0) is 19.4 Å². The van der Waals surface area contributed by atoms with Crippen LogP contribution in [0.5, 0.6) is 5.75 Å². The Bertz CT molecular complexity index is 1660. The van der Waals surface area contributed by atoms with Gasteiger partial charge in [-0.15, -0.1) is 0 Å². The van der Waals surface area contributed by atoms with Crippen molar-refractivity contribution in [1.29, 1.82) is 5.26 Å². The molecule has 2 aromatic carbocycles. The normalized spacial score (nSPS) is 16.0. The summed E-state index contributed by atoms with van der Waals surface area (Å²) in [6, 6.07) is 9.83. The molecule has 3 heterocycles. The van der Waals surface area contributed by atoms with E-state index in [2.05, 4.69) is 15.6 Å². The zero-order valence-electron chi connectivity index (χ0n) is 21.3. The van der Waals surface area contributed by atoms with Crippen LogP contribution in [0.1, 0.15) is 43.0 Å². The summed E-state index contributed by atoms with van der Waals surface area (Å²) in [5, 5.41) is 15.5. The van der Waals surface area contributed by atoms with Gasteiger partial charge in [0.05, 0.1) is 17.8 Å². The molecular formula is C28H27FN6O3. The van der Waals surface area contributed by atoms with Crippen molar-refractivity contribution < 1.29 is 9.13 Å². The zero-order chi connectivity index (χ0) is 27.0. The number of nitrogens with one attached hydrogen (secondary N) is 2. The third-order valence-electron chi connectivity index (χ3n) is 6.60. The number of nitriles is 1. The number of allylic oxidation sites excluding steroid dienone is 2. The lowest BCUT2D eigenvalue weighted by molar-refractivity contribution is 0.254. The quantitative estimate of drug-likeness (QED) is 0.518. The van der Waals surface area contributed by atoms with Crippen LogP contribution in [0.2, 0.25) is 0 Å². The van der Waals surface area contributed by atoms with Gasteiger partial charge in [0.15, 0.2) is 0 Å². The van der Waals surface area contributed by atoms with E-state index in [1.807, 2.05) is 39.0 Å². The maximum atomic E-state index is 14.0. The highest BCUT2D eigenvalue weighted by molar-refractivity contribution is 5.64. The number of aryl methyl sites for hydroxylation is 1. The third-order valence-corrected chi connectivity index (χ3v) is 6.60. The summed E-state index contributed by atoms with van der Waals surface area (Å²) >= 11 is 0. The number of anilines is 2. The molecule has 0 saturated carbocycles. The molecule has 38 heavy (non-hydrogen) atoms. The summed E-state index contributed by atoms with van der Waals surface area (Å²) in [6.45, 7) is 6.45. The van der Waals surface area contributed by atoms with Gasteiger partial charge in [0.1, 0.15) is 23.7 Å². The number of rotatable bonds is 6. The maximum Gasteiger partial charge on any atom is 0.359 e. The molecule has 1 unspecified atom stereocenters. The first-order chi connectivity index (χ1) is 18.3. The van der Waals surface area contributed by atoms with Gasteiger partial charge in [0, 0.05) is 24.9 Å². The fourth-order valence-corrected chi connectivity index (χ4v) is 4.72. The number of aromatic nitrogens is 3. The maximum absolute atomic E-state index is 14.0. The summed E-state index contributed by atoms with van der Waals surface area (Å²) < 4.78 is 22.2. The summed E-state index contributed by atoms with van der Waals surface area (Å²) in [5.41, 5.74) is 3.01. The molecule has 0 amide bonds. The fraction of sp³-hybridized carbons (Fsp3) is 0.286. The lowest BCUT2D eigenvalue weighted by Gasteiger charge is -2.19. The van der Waals surface area contributed by atoms with E-state index in [0.29, 0.717) is 29.9 Å². The van der Waals surface area contributed by atoms with Gasteiger partial charge in [-0.3, -0.25) is 4.57 Å². The van der Waals surface area contributed by atoms with E-state index in [-0.39, 0.29) is 24.2 Å². The standard InChI is InChI=1S/C28H27FN6O3/c1-4-19-11-25-20(8-17(3)38-25)10-24(19)32-26-33-27(36)35(22-7-16(2)13-31-14-22)28(37)34(26)15-18-5-6-23(29)21(9-18)12-30/h5-7,9-11,14,17,31H,4,8,13,15H2,1-3H3,(H,32,33,36). The van der Waals surface area contributed by atoms with Crippen molar-refractivity contribution in [2.24, 2.45) is 0 Å². The van der Waals surface area contributed by atoms with Crippen molar-refractivity contribution in [3.8, 4) is 11.8 Å². The van der Waals surface area contributed by atoms with Crippen LogP contribution in [-0.4, -0.2) is 26.8 Å². The minimum absolute atomic E-state index is 0.0423. The van der Waals surface area contributed by atoms with Gasteiger partial charge in [0.2, 0.25) is 5.95 Å². The Morgan fingerprint density at radius 3 is 2.84 bits per heavy atom. The zero-order valence-corrected chi connectivity index (χ0v) is 21.3. The second-order valence-electron chi connectivity index (χ2n) is 9.52. The average molecular weight is 515 g/mol. The number of hydrogen-bond acceptors (Lipinski definition) is 7. The molecular weight excluding hydrogens is 487 g/mol. The van der Waals surface area contributed by atoms with E-state index >= 15 is 0 Å². The largest absolute Gasteiger partial charge is 0.490 e. The van der Waals surface area contributed by atoms with Crippen LogP contribution < -0.4 is 26.7 Å². The fourth-order valence-electron chi connectivity index (χ4n) is 4.72. The molecule has 10 heteroatoms. The van der Waals surface area contributed by atoms with Crippen LogP contribution >= 0.6 is 0 Å². The molecule has 194 valence electrons. The minimum Gasteiger partial charge on any atom is -0.490 e. The van der Waals surface area contributed by atoms with Gasteiger partial charge >= 0.3 is 11.4 Å². The smallest absolute Gasteiger partial charge is 0.359 e. The first-order valence-electron chi connectivity index (χ1n) is 12.4. The molecule has 1 aromatic heterocycles. The number of dihydropyridines is 1. The number of hydrogen-bond donors (Lipinski definition) is 2. The Kier molecular flexibility index (Phi) is 6.59. The summed E-state index contributed by atoms with van der Waals surface area (Å²) in [7, 11) is 0. The minimum atomic E-state index is -0.735. The number of ether oxygens (including phenoxy) is 1. The molecule has 0 aliphatic carbocycles. The molecule has 0 fully saturated rings. The third kappa shape index (κ3) is 4.70. The van der Waals surface area contributed by atoms with Crippen molar-refractivity contribution in [3.05, 3.63) is 97.2 Å². The summed E-state index contributed by atoms with van der Waals surface area (Å²) in [6.07, 6.45) is 4.83. The summed E-state index contributed by atoms with van der Waals surface area (Å²) in [4.78, 5) is 31.2. The van der Waals surface area contributed by atoms with Crippen molar-refractivity contribution in [1.82, 2.24) is 19.4 Å². The Balaban J connectivity index is 1.65.